The first-order valence-corrected chi connectivity index (χ1v) is 8.45. The second-order valence-corrected chi connectivity index (χ2v) is 6.95. The first kappa shape index (κ1) is 14.1. The van der Waals surface area contributed by atoms with E-state index in [1.165, 1.54) is 25.7 Å². The quantitative estimate of drug-likeness (QED) is 0.662. The lowest BCUT2D eigenvalue weighted by molar-refractivity contribution is -0.122. The summed E-state index contributed by atoms with van der Waals surface area (Å²) in [5.41, 5.74) is 3.53. The molecule has 1 aromatic carbocycles. The zero-order valence-corrected chi connectivity index (χ0v) is 13.6. The highest BCUT2D eigenvalue weighted by Gasteiger charge is 2.54. The Bertz CT molecular complexity index is 635. The largest absolute Gasteiger partial charge is 0.454 e. The van der Waals surface area contributed by atoms with Gasteiger partial charge in [0.15, 0.2) is 11.5 Å². The molecule has 3 aliphatic rings. The molecular formula is C16H17BrN2O3. The molecule has 1 aliphatic heterocycles. The van der Waals surface area contributed by atoms with Crippen molar-refractivity contribution >= 4 is 28.1 Å². The van der Waals surface area contributed by atoms with Crippen LogP contribution in [0.2, 0.25) is 0 Å². The lowest BCUT2D eigenvalue weighted by Crippen LogP contribution is -2.20. The monoisotopic (exact) mass is 364 g/mol. The van der Waals surface area contributed by atoms with E-state index >= 15 is 0 Å². The Morgan fingerprint density at radius 2 is 1.91 bits per heavy atom. The third kappa shape index (κ3) is 2.49. The fourth-order valence-corrected chi connectivity index (χ4v) is 4.08. The number of nitrogens with zero attached hydrogens (tertiary/aromatic N) is 1. The first-order chi connectivity index (χ1) is 10.7. The zero-order valence-electron chi connectivity index (χ0n) is 12.0. The summed E-state index contributed by atoms with van der Waals surface area (Å²) in [6, 6.07) is 3.69. The van der Waals surface area contributed by atoms with Gasteiger partial charge >= 0.3 is 0 Å². The van der Waals surface area contributed by atoms with Crippen LogP contribution in [0.25, 0.3) is 0 Å². The maximum absolute atomic E-state index is 12.2. The number of benzene rings is 1. The van der Waals surface area contributed by atoms with Crippen LogP contribution in [0.5, 0.6) is 11.5 Å². The molecule has 0 spiro atoms. The van der Waals surface area contributed by atoms with E-state index in [0.717, 1.165) is 15.8 Å². The van der Waals surface area contributed by atoms with Crippen LogP contribution >= 0.6 is 15.9 Å². The van der Waals surface area contributed by atoms with Crippen molar-refractivity contribution < 1.29 is 14.3 Å². The van der Waals surface area contributed by atoms with Crippen molar-refractivity contribution in [2.45, 2.75) is 25.7 Å². The predicted octanol–water partition coefficient (Wildman–Crippen LogP) is 3.06. The Kier molecular flexibility index (Phi) is 3.56. The summed E-state index contributed by atoms with van der Waals surface area (Å²) >= 11 is 3.47. The van der Waals surface area contributed by atoms with Crippen LogP contribution in [-0.2, 0) is 4.79 Å². The van der Waals surface area contributed by atoms with Gasteiger partial charge in [-0.05, 0) is 52.7 Å². The van der Waals surface area contributed by atoms with Crippen LogP contribution in [-0.4, -0.2) is 18.9 Å². The van der Waals surface area contributed by atoms with E-state index in [1.54, 1.807) is 6.21 Å². The fourth-order valence-electron chi connectivity index (χ4n) is 3.65. The third-order valence-corrected chi connectivity index (χ3v) is 5.52. The highest BCUT2D eigenvalue weighted by atomic mass is 79.9. The number of hydrogen-bond acceptors (Lipinski definition) is 4. The highest BCUT2D eigenvalue weighted by molar-refractivity contribution is 9.10. The average molecular weight is 365 g/mol. The van der Waals surface area contributed by atoms with Gasteiger partial charge in [-0.3, -0.25) is 4.79 Å². The second kappa shape index (κ2) is 5.57. The molecular weight excluding hydrogens is 348 g/mol. The molecule has 116 valence electrons. The van der Waals surface area contributed by atoms with Crippen LogP contribution in [0.1, 0.15) is 31.2 Å². The highest BCUT2D eigenvalue weighted by Crippen LogP contribution is 2.55. The summed E-state index contributed by atoms with van der Waals surface area (Å²) in [7, 11) is 0. The fraction of sp³-hybridized carbons (Fsp3) is 0.500. The van der Waals surface area contributed by atoms with Gasteiger partial charge in [0.2, 0.25) is 12.7 Å². The lowest BCUT2D eigenvalue weighted by atomic mass is 10.0. The lowest BCUT2D eigenvalue weighted by Gasteiger charge is -2.04. The van der Waals surface area contributed by atoms with Gasteiger partial charge in [-0.2, -0.15) is 5.10 Å². The first-order valence-electron chi connectivity index (χ1n) is 7.66. The molecule has 2 saturated carbocycles. The molecule has 1 aromatic rings. The Balaban J connectivity index is 1.39. The number of hydrogen-bond donors (Lipinski definition) is 1. The number of rotatable bonds is 3. The molecule has 0 radical (unpaired) electrons. The smallest absolute Gasteiger partial charge is 0.243 e. The van der Waals surface area contributed by atoms with Crippen molar-refractivity contribution in [1.29, 1.82) is 0 Å². The van der Waals surface area contributed by atoms with Crippen LogP contribution < -0.4 is 14.9 Å². The van der Waals surface area contributed by atoms with Crippen LogP contribution in [0, 0.1) is 17.8 Å². The van der Waals surface area contributed by atoms with Gasteiger partial charge in [-0.25, -0.2) is 5.43 Å². The molecule has 6 heteroatoms. The van der Waals surface area contributed by atoms with Gasteiger partial charge in [0.25, 0.3) is 0 Å². The SMILES string of the molecule is O=C(N/N=C\c1cc2c(cc1Br)OCO2)C1[C@H]2CCCC[C@H]12. The number of halogens is 1. The summed E-state index contributed by atoms with van der Waals surface area (Å²) in [5.74, 6) is 2.85. The minimum Gasteiger partial charge on any atom is -0.454 e. The number of nitrogens with one attached hydrogen (secondary N) is 1. The molecule has 0 unspecified atom stereocenters. The molecule has 2 fully saturated rings. The van der Waals surface area contributed by atoms with E-state index in [-0.39, 0.29) is 18.6 Å². The zero-order chi connectivity index (χ0) is 15.1. The average Bonchev–Trinajstić information content (AvgIpc) is 3.09. The van der Waals surface area contributed by atoms with Gasteiger partial charge < -0.3 is 9.47 Å². The molecule has 5 nitrogen and oxygen atoms in total. The van der Waals surface area contributed by atoms with Crippen LogP contribution in [0.3, 0.4) is 0 Å². The minimum atomic E-state index is 0.0602. The van der Waals surface area contributed by atoms with Gasteiger partial charge in [-0.15, -0.1) is 0 Å². The summed E-state index contributed by atoms with van der Waals surface area (Å²) in [4.78, 5) is 12.2. The van der Waals surface area contributed by atoms with E-state index in [0.29, 0.717) is 17.6 Å². The normalized spacial score (nSPS) is 28.5. The maximum atomic E-state index is 12.2. The van der Waals surface area contributed by atoms with Gasteiger partial charge in [0.1, 0.15) is 0 Å². The maximum Gasteiger partial charge on any atom is 0.243 e. The van der Waals surface area contributed by atoms with Crippen molar-refractivity contribution in [2.75, 3.05) is 6.79 Å². The van der Waals surface area contributed by atoms with Crippen molar-refractivity contribution in [1.82, 2.24) is 5.43 Å². The summed E-state index contributed by atoms with van der Waals surface area (Å²) in [6.45, 7) is 0.240. The standard InChI is InChI=1S/C16H17BrN2O3/c17-12-6-14-13(21-8-22-14)5-9(12)7-18-19-16(20)15-10-3-1-2-4-11(10)15/h5-7,10-11,15H,1-4,8H2,(H,19,20)/b18-7-/t10-,11-/m0/s1. The van der Waals surface area contributed by atoms with Crippen molar-refractivity contribution in [3.63, 3.8) is 0 Å². The molecule has 0 bridgehead atoms. The number of hydrazone groups is 1. The Labute approximate surface area is 137 Å². The summed E-state index contributed by atoms with van der Waals surface area (Å²) in [5, 5.41) is 4.10. The summed E-state index contributed by atoms with van der Waals surface area (Å²) < 4.78 is 11.5. The molecule has 2 atom stereocenters. The van der Waals surface area contributed by atoms with E-state index in [4.69, 9.17) is 9.47 Å². The van der Waals surface area contributed by atoms with Crippen molar-refractivity contribution in [2.24, 2.45) is 22.9 Å². The minimum absolute atomic E-state index is 0.0602. The van der Waals surface area contributed by atoms with E-state index in [9.17, 15) is 4.79 Å². The van der Waals surface area contributed by atoms with Crippen LogP contribution in [0.4, 0.5) is 0 Å². The van der Waals surface area contributed by atoms with E-state index in [1.807, 2.05) is 12.1 Å². The number of fused-ring (bicyclic) bond motifs is 2. The second-order valence-electron chi connectivity index (χ2n) is 6.10. The number of carbonyl (C=O) groups excluding carboxylic acids is 1. The Morgan fingerprint density at radius 3 is 2.64 bits per heavy atom. The molecule has 22 heavy (non-hydrogen) atoms. The van der Waals surface area contributed by atoms with Crippen molar-refractivity contribution in [3.8, 4) is 11.5 Å². The topological polar surface area (TPSA) is 59.9 Å². The number of carbonyl (C=O) groups is 1. The molecule has 0 saturated heterocycles. The van der Waals surface area contributed by atoms with E-state index in [2.05, 4.69) is 26.5 Å². The number of ether oxygens (including phenoxy) is 2. The van der Waals surface area contributed by atoms with Gasteiger partial charge in [0.05, 0.1) is 6.21 Å². The molecule has 1 amide bonds. The summed E-state index contributed by atoms with van der Waals surface area (Å²) in [6.07, 6.45) is 6.55. The molecule has 2 aliphatic carbocycles. The Hall–Kier alpha value is -1.56. The van der Waals surface area contributed by atoms with Gasteiger partial charge in [-0.1, -0.05) is 12.8 Å². The Morgan fingerprint density at radius 1 is 1.23 bits per heavy atom. The molecule has 0 aromatic heterocycles. The van der Waals surface area contributed by atoms with Gasteiger partial charge in [0, 0.05) is 16.0 Å². The molecule has 1 N–H and O–H groups in total. The molecule has 1 heterocycles. The van der Waals surface area contributed by atoms with Crippen LogP contribution in [0.15, 0.2) is 21.7 Å². The third-order valence-electron chi connectivity index (χ3n) is 4.83. The predicted molar refractivity (Wildman–Crippen MR) is 84.9 cm³/mol. The van der Waals surface area contributed by atoms with Crippen molar-refractivity contribution in [3.05, 3.63) is 22.2 Å². The number of amides is 1. The molecule has 4 rings (SSSR count). The van der Waals surface area contributed by atoms with E-state index < -0.39 is 0 Å².